The average molecular weight is 243 g/mol. The van der Waals surface area contributed by atoms with E-state index in [1.165, 1.54) is 12.8 Å². The van der Waals surface area contributed by atoms with E-state index in [0.717, 1.165) is 12.8 Å². The number of hydrogen-bond acceptors (Lipinski definition) is 2. The van der Waals surface area contributed by atoms with Gasteiger partial charge < -0.3 is 10.4 Å². The lowest BCUT2D eigenvalue weighted by atomic mass is 10.1. The van der Waals surface area contributed by atoms with Crippen LogP contribution in [0.4, 0.5) is 0 Å². The lowest BCUT2D eigenvalue weighted by Crippen LogP contribution is -2.32. The van der Waals surface area contributed by atoms with E-state index >= 15 is 0 Å². The van der Waals surface area contributed by atoms with Crippen molar-refractivity contribution in [2.75, 3.05) is 0 Å². The Bertz CT molecular complexity index is 229. The highest BCUT2D eigenvalue weighted by Gasteiger charge is 2.07. The third-order valence-corrected chi connectivity index (χ3v) is 2.69. The zero-order valence-electron chi connectivity index (χ0n) is 11.0. The van der Waals surface area contributed by atoms with Gasteiger partial charge in [0.1, 0.15) is 0 Å². The second-order valence-corrected chi connectivity index (χ2v) is 4.57. The number of carboxylic acid groups (broad SMARTS) is 1. The number of rotatable bonds is 10. The molecule has 0 spiro atoms. The van der Waals surface area contributed by atoms with Crippen molar-refractivity contribution < 1.29 is 14.7 Å². The molecule has 0 aliphatic carbocycles. The van der Waals surface area contributed by atoms with Crippen molar-refractivity contribution in [3.05, 3.63) is 0 Å². The standard InChI is InChI=1S/C13H25NO3/c1-3-4-5-8-11(2)14-12(15)9-6-7-10-13(16)17/h11H,3-10H2,1-2H3,(H,14,15)(H,16,17). The molecule has 0 rings (SSSR count). The Morgan fingerprint density at radius 3 is 2.35 bits per heavy atom. The molecule has 0 aliphatic heterocycles. The summed E-state index contributed by atoms with van der Waals surface area (Å²) in [4.78, 5) is 21.7. The molecule has 0 bridgehead atoms. The third kappa shape index (κ3) is 11.2. The predicted molar refractivity (Wildman–Crippen MR) is 67.9 cm³/mol. The molecule has 0 aromatic carbocycles. The summed E-state index contributed by atoms with van der Waals surface area (Å²) in [6.07, 6.45) is 6.39. The lowest BCUT2D eigenvalue weighted by molar-refractivity contribution is -0.137. The van der Waals surface area contributed by atoms with E-state index < -0.39 is 5.97 Å². The highest BCUT2D eigenvalue weighted by Crippen LogP contribution is 2.04. The molecule has 4 nitrogen and oxygen atoms in total. The molecule has 1 unspecified atom stereocenters. The number of aliphatic carboxylic acids is 1. The van der Waals surface area contributed by atoms with E-state index in [2.05, 4.69) is 12.2 Å². The molecular weight excluding hydrogens is 218 g/mol. The highest BCUT2D eigenvalue weighted by atomic mass is 16.4. The van der Waals surface area contributed by atoms with Crippen molar-refractivity contribution in [1.29, 1.82) is 0 Å². The first-order valence-electron chi connectivity index (χ1n) is 6.57. The summed E-state index contributed by atoms with van der Waals surface area (Å²) >= 11 is 0. The zero-order valence-corrected chi connectivity index (χ0v) is 11.0. The van der Waals surface area contributed by atoms with Crippen molar-refractivity contribution in [2.45, 2.75) is 71.3 Å². The second kappa shape index (κ2) is 10.1. The van der Waals surface area contributed by atoms with Crippen LogP contribution in [0.25, 0.3) is 0 Å². The van der Waals surface area contributed by atoms with Gasteiger partial charge in [-0.25, -0.2) is 0 Å². The van der Waals surface area contributed by atoms with Crippen molar-refractivity contribution in [3.8, 4) is 0 Å². The van der Waals surface area contributed by atoms with E-state index in [9.17, 15) is 9.59 Å². The molecule has 1 amide bonds. The van der Waals surface area contributed by atoms with Crippen LogP contribution in [0.3, 0.4) is 0 Å². The van der Waals surface area contributed by atoms with Gasteiger partial charge in [0, 0.05) is 18.9 Å². The minimum atomic E-state index is -0.793. The van der Waals surface area contributed by atoms with Crippen LogP contribution in [-0.2, 0) is 9.59 Å². The van der Waals surface area contributed by atoms with Gasteiger partial charge in [-0.3, -0.25) is 9.59 Å². The Morgan fingerprint density at radius 1 is 1.12 bits per heavy atom. The Kier molecular flexibility index (Phi) is 9.49. The van der Waals surface area contributed by atoms with Crippen LogP contribution in [0, 0.1) is 0 Å². The molecule has 17 heavy (non-hydrogen) atoms. The molecule has 0 heterocycles. The maximum Gasteiger partial charge on any atom is 0.303 e. The number of hydrogen-bond donors (Lipinski definition) is 2. The summed E-state index contributed by atoms with van der Waals surface area (Å²) in [7, 11) is 0. The normalized spacial score (nSPS) is 12.1. The Labute approximate surface area is 104 Å². The highest BCUT2D eigenvalue weighted by molar-refractivity contribution is 5.76. The van der Waals surface area contributed by atoms with E-state index in [4.69, 9.17) is 5.11 Å². The predicted octanol–water partition coefficient (Wildman–Crippen LogP) is 2.72. The van der Waals surface area contributed by atoms with Crippen LogP contribution in [0.15, 0.2) is 0 Å². The molecule has 0 radical (unpaired) electrons. The molecule has 2 N–H and O–H groups in total. The van der Waals surface area contributed by atoms with Crippen molar-refractivity contribution >= 4 is 11.9 Å². The van der Waals surface area contributed by atoms with E-state index in [0.29, 0.717) is 19.3 Å². The quantitative estimate of drug-likeness (QED) is 0.580. The van der Waals surface area contributed by atoms with Crippen molar-refractivity contribution in [1.82, 2.24) is 5.32 Å². The van der Waals surface area contributed by atoms with Gasteiger partial charge in [0.05, 0.1) is 0 Å². The maximum absolute atomic E-state index is 11.5. The monoisotopic (exact) mass is 243 g/mol. The topological polar surface area (TPSA) is 66.4 Å². The summed E-state index contributed by atoms with van der Waals surface area (Å²) in [5.74, 6) is -0.752. The Hall–Kier alpha value is -1.06. The molecule has 0 saturated heterocycles. The summed E-state index contributed by atoms with van der Waals surface area (Å²) in [5, 5.41) is 11.4. The molecule has 0 aliphatic rings. The van der Waals surface area contributed by atoms with Gasteiger partial charge >= 0.3 is 5.97 Å². The second-order valence-electron chi connectivity index (χ2n) is 4.57. The number of unbranched alkanes of at least 4 members (excludes halogenated alkanes) is 3. The van der Waals surface area contributed by atoms with Crippen LogP contribution in [0.5, 0.6) is 0 Å². The largest absolute Gasteiger partial charge is 0.481 e. The van der Waals surface area contributed by atoms with Gasteiger partial charge in [0.2, 0.25) is 5.91 Å². The summed E-state index contributed by atoms with van der Waals surface area (Å²) in [6.45, 7) is 4.18. The van der Waals surface area contributed by atoms with Gasteiger partial charge in [-0.1, -0.05) is 26.2 Å². The molecule has 1 atom stereocenters. The SMILES string of the molecule is CCCCCC(C)NC(=O)CCCCC(=O)O. The minimum Gasteiger partial charge on any atom is -0.481 e. The Morgan fingerprint density at radius 2 is 1.76 bits per heavy atom. The number of carboxylic acids is 1. The average Bonchev–Trinajstić information content (AvgIpc) is 2.24. The molecule has 0 aromatic rings. The number of carbonyl (C=O) groups is 2. The first kappa shape index (κ1) is 15.9. The van der Waals surface area contributed by atoms with Gasteiger partial charge in [-0.15, -0.1) is 0 Å². The lowest BCUT2D eigenvalue weighted by Gasteiger charge is -2.13. The van der Waals surface area contributed by atoms with Crippen LogP contribution in [0.1, 0.15) is 65.2 Å². The molecule has 4 heteroatoms. The number of carbonyl (C=O) groups excluding carboxylic acids is 1. The fourth-order valence-corrected chi connectivity index (χ4v) is 1.68. The number of amides is 1. The van der Waals surface area contributed by atoms with Crippen LogP contribution in [-0.4, -0.2) is 23.0 Å². The summed E-state index contributed by atoms with van der Waals surface area (Å²) in [6, 6.07) is 0.230. The van der Waals surface area contributed by atoms with Crippen LogP contribution in [0.2, 0.25) is 0 Å². The fraction of sp³-hybridized carbons (Fsp3) is 0.846. The molecule has 0 fully saturated rings. The molecule has 100 valence electrons. The number of nitrogens with one attached hydrogen (secondary N) is 1. The summed E-state index contributed by atoms with van der Waals surface area (Å²) in [5.41, 5.74) is 0. The van der Waals surface area contributed by atoms with Gasteiger partial charge in [0.25, 0.3) is 0 Å². The van der Waals surface area contributed by atoms with E-state index in [1.54, 1.807) is 0 Å². The van der Waals surface area contributed by atoms with Crippen molar-refractivity contribution in [3.63, 3.8) is 0 Å². The first-order chi connectivity index (χ1) is 8.06. The smallest absolute Gasteiger partial charge is 0.303 e. The molecule has 0 saturated carbocycles. The van der Waals surface area contributed by atoms with E-state index in [1.807, 2.05) is 6.92 Å². The minimum absolute atomic E-state index is 0.0411. The van der Waals surface area contributed by atoms with Gasteiger partial charge in [-0.05, 0) is 26.2 Å². The van der Waals surface area contributed by atoms with Gasteiger partial charge in [-0.2, -0.15) is 0 Å². The molecular formula is C13H25NO3. The van der Waals surface area contributed by atoms with Crippen molar-refractivity contribution in [2.24, 2.45) is 0 Å². The zero-order chi connectivity index (χ0) is 13.1. The van der Waals surface area contributed by atoms with Crippen LogP contribution < -0.4 is 5.32 Å². The fourth-order valence-electron chi connectivity index (χ4n) is 1.68. The maximum atomic E-state index is 11.5. The van der Waals surface area contributed by atoms with Gasteiger partial charge in [0.15, 0.2) is 0 Å². The first-order valence-corrected chi connectivity index (χ1v) is 6.57. The van der Waals surface area contributed by atoms with E-state index in [-0.39, 0.29) is 18.4 Å². The van der Waals surface area contributed by atoms with Crippen LogP contribution >= 0.6 is 0 Å². The Balaban J connectivity index is 3.47. The molecule has 0 aromatic heterocycles. The third-order valence-electron chi connectivity index (χ3n) is 2.69. The summed E-state index contributed by atoms with van der Waals surface area (Å²) < 4.78 is 0.